The van der Waals surface area contributed by atoms with Crippen molar-refractivity contribution in [1.29, 1.82) is 0 Å². The van der Waals surface area contributed by atoms with Crippen LogP contribution in [0, 0.1) is 6.92 Å². The Hall–Kier alpha value is -2.55. The Morgan fingerprint density at radius 2 is 1.67 bits per heavy atom. The van der Waals surface area contributed by atoms with E-state index in [-0.39, 0.29) is 0 Å². The first-order valence-electron chi connectivity index (χ1n) is 7.09. The molecular formula is C18H17N3. The van der Waals surface area contributed by atoms with Gasteiger partial charge in [0.2, 0.25) is 0 Å². The zero-order chi connectivity index (χ0) is 14.5. The molecule has 0 amide bonds. The lowest BCUT2D eigenvalue weighted by Gasteiger charge is -2.10. The van der Waals surface area contributed by atoms with Crippen LogP contribution in [0.1, 0.15) is 16.7 Å². The van der Waals surface area contributed by atoms with Crippen LogP contribution in [0.2, 0.25) is 0 Å². The van der Waals surface area contributed by atoms with E-state index in [1.807, 2.05) is 36.8 Å². The van der Waals surface area contributed by atoms with Crippen LogP contribution in [-0.4, -0.2) is 15.0 Å². The minimum Gasteiger partial charge on any atom is -0.265 e. The number of rotatable bonds is 4. The second-order valence-electron chi connectivity index (χ2n) is 5.01. The first kappa shape index (κ1) is 13.4. The summed E-state index contributed by atoms with van der Waals surface area (Å²) in [6, 6.07) is 12.1. The van der Waals surface area contributed by atoms with Gasteiger partial charge in [-0.1, -0.05) is 6.07 Å². The number of nitrogens with zero attached hydrogens (tertiary/aromatic N) is 3. The summed E-state index contributed by atoms with van der Waals surface area (Å²) in [4.78, 5) is 12.9. The molecule has 3 rings (SSSR count). The molecule has 0 radical (unpaired) electrons. The highest BCUT2D eigenvalue weighted by Gasteiger charge is 2.08. The van der Waals surface area contributed by atoms with Crippen LogP contribution in [0.3, 0.4) is 0 Å². The molecule has 21 heavy (non-hydrogen) atoms. The molecule has 0 aliphatic carbocycles. The molecule has 0 saturated carbocycles. The molecule has 0 aliphatic heterocycles. The van der Waals surface area contributed by atoms with Crippen molar-refractivity contribution in [3.05, 3.63) is 77.9 Å². The molecule has 3 nitrogen and oxygen atoms in total. The van der Waals surface area contributed by atoms with Gasteiger partial charge in [-0.15, -0.1) is 0 Å². The molecule has 0 spiro atoms. The summed E-state index contributed by atoms with van der Waals surface area (Å²) in [5.74, 6) is 0. The summed E-state index contributed by atoms with van der Waals surface area (Å²) >= 11 is 0. The molecule has 0 bridgehead atoms. The third-order valence-electron chi connectivity index (χ3n) is 3.66. The number of aromatic nitrogens is 3. The predicted molar refractivity (Wildman–Crippen MR) is 83.9 cm³/mol. The highest BCUT2D eigenvalue weighted by molar-refractivity contribution is 5.59. The number of hydrogen-bond donors (Lipinski definition) is 0. The van der Waals surface area contributed by atoms with Gasteiger partial charge in [0.15, 0.2) is 0 Å². The summed E-state index contributed by atoms with van der Waals surface area (Å²) in [6.07, 6.45) is 9.37. The maximum absolute atomic E-state index is 4.49. The van der Waals surface area contributed by atoms with Crippen LogP contribution >= 0.6 is 0 Å². The van der Waals surface area contributed by atoms with Crippen molar-refractivity contribution in [3.63, 3.8) is 0 Å². The van der Waals surface area contributed by atoms with Crippen LogP contribution < -0.4 is 0 Å². The van der Waals surface area contributed by atoms with Crippen molar-refractivity contribution in [1.82, 2.24) is 15.0 Å². The molecule has 0 aliphatic rings. The van der Waals surface area contributed by atoms with Gasteiger partial charge in [-0.3, -0.25) is 15.0 Å². The van der Waals surface area contributed by atoms with Gasteiger partial charge in [0.05, 0.1) is 11.4 Å². The normalized spacial score (nSPS) is 10.5. The maximum atomic E-state index is 4.49. The Balaban J connectivity index is 1.84. The summed E-state index contributed by atoms with van der Waals surface area (Å²) in [6.45, 7) is 2.12. The van der Waals surface area contributed by atoms with Crippen molar-refractivity contribution in [3.8, 4) is 11.4 Å². The minimum absolute atomic E-state index is 0.931. The lowest BCUT2D eigenvalue weighted by Crippen LogP contribution is -1.99. The van der Waals surface area contributed by atoms with Crippen LogP contribution in [0.4, 0.5) is 0 Å². The van der Waals surface area contributed by atoms with Crippen LogP contribution in [0.25, 0.3) is 11.4 Å². The number of pyridine rings is 3. The summed E-state index contributed by atoms with van der Waals surface area (Å²) in [5.41, 5.74) is 5.75. The first-order valence-corrected chi connectivity index (χ1v) is 7.09. The summed E-state index contributed by atoms with van der Waals surface area (Å²) < 4.78 is 0. The van der Waals surface area contributed by atoms with E-state index in [9.17, 15) is 0 Å². The first-order chi connectivity index (χ1) is 10.3. The van der Waals surface area contributed by atoms with E-state index in [4.69, 9.17) is 0 Å². The zero-order valence-corrected chi connectivity index (χ0v) is 12.0. The fourth-order valence-corrected chi connectivity index (χ4v) is 2.44. The molecule has 0 aromatic carbocycles. The fourth-order valence-electron chi connectivity index (χ4n) is 2.44. The Labute approximate surface area is 124 Å². The van der Waals surface area contributed by atoms with Crippen molar-refractivity contribution in [2.45, 2.75) is 19.8 Å². The minimum atomic E-state index is 0.931. The van der Waals surface area contributed by atoms with Crippen LogP contribution in [0.15, 0.2) is 61.2 Å². The van der Waals surface area contributed by atoms with Gasteiger partial charge in [-0.2, -0.15) is 0 Å². The molecule has 0 unspecified atom stereocenters. The van der Waals surface area contributed by atoms with E-state index < -0.39 is 0 Å². The van der Waals surface area contributed by atoms with Gasteiger partial charge in [0.25, 0.3) is 0 Å². The third-order valence-corrected chi connectivity index (χ3v) is 3.66. The van der Waals surface area contributed by atoms with E-state index in [0.29, 0.717) is 0 Å². The predicted octanol–water partition coefficient (Wildman–Crippen LogP) is 3.63. The fraction of sp³-hybridized carbons (Fsp3) is 0.167. The maximum Gasteiger partial charge on any atom is 0.0917 e. The van der Waals surface area contributed by atoms with E-state index in [2.05, 4.69) is 40.1 Å². The second-order valence-corrected chi connectivity index (χ2v) is 5.01. The van der Waals surface area contributed by atoms with Crippen molar-refractivity contribution < 1.29 is 0 Å². The highest BCUT2D eigenvalue weighted by Crippen LogP contribution is 2.22. The van der Waals surface area contributed by atoms with E-state index in [0.717, 1.165) is 24.2 Å². The van der Waals surface area contributed by atoms with Gasteiger partial charge in [0, 0.05) is 24.8 Å². The Bertz CT molecular complexity index is 709. The van der Waals surface area contributed by atoms with Crippen LogP contribution in [-0.2, 0) is 12.8 Å². The molecule has 3 heterocycles. The Morgan fingerprint density at radius 3 is 2.43 bits per heavy atom. The molecule has 104 valence electrons. The van der Waals surface area contributed by atoms with Gasteiger partial charge in [0.1, 0.15) is 0 Å². The quantitative estimate of drug-likeness (QED) is 0.729. The van der Waals surface area contributed by atoms with E-state index >= 15 is 0 Å². The molecule has 3 aromatic heterocycles. The Morgan fingerprint density at radius 1 is 0.810 bits per heavy atom. The average molecular weight is 275 g/mol. The molecule has 3 aromatic rings. The molecule has 0 saturated heterocycles. The van der Waals surface area contributed by atoms with Gasteiger partial charge < -0.3 is 0 Å². The Kier molecular flexibility index (Phi) is 4.01. The van der Waals surface area contributed by atoms with Crippen molar-refractivity contribution in [2.75, 3.05) is 0 Å². The van der Waals surface area contributed by atoms with Crippen molar-refractivity contribution in [2.24, 2.45) is 0 Å². The van der Waals surface area contributed by atoms with Crippen molar-refractivity contribution >= 4 is 0 Å². The second kappa shape index (κ2) is 6.27. The molecule has 0 fully saturated rings. The molecule has 0 atom stereocenters. The average Bonchev–Trinajstić information content (AvgIpc) is 2.56. The molecular weight excluding hydrogens is 258 g/mol. The lowest BCUT2D eigenvalue weighted by atomic mass is 9.99. The lowest BCUT2D eigenvalue weighted by molar-refractivity contribution is 0.939. The van der Waals surface area contributed by atoms with Gasteiger partial charge in [-0.05, 0) is 66.8 Å². The summed E-state index contributed by atoms with van der Waals surface area (Å²) in [7, 11) is 0. The van der Waals surface area contributed by atoms with E-state index in [1.165, 1.54) is 16.7 Å². The van der Waals surface area contributed by atoms with Crippen LogP contribution in [0.5, 0.6) is 0 Å². The standard InChI is InChI=1S/C18H17N3/c1-14-16(6-5-15-7-11-19-12-8-15)9-13-21-18(14)17-4-2-3-10-20-17/h2-4,7-13H,5-6H2,1H3. The van der Waals surface area contributed by atoms with Gasteiger partial charge >= 0.3 is 0 Å². The number of hydrogen-bond acceptors (Lipinski definition) is 3. The third kappa shape index (κ3) is 3.14. The SMILES string of the molecule is Cc1c(CCc2ccncc2)ccnc1-c1ccccn1. The highest BCUT2D eigenvalue weighted by atomic mass is 14.8. The number of aryl methyl sites for hydroxylation is 2. The molecule has 0 N–H and O–H groups in total. The monoisotopic (exact) mass is 275 g/mol. The topological polar surface area (TPSA) is 38.7 Å². The smallest absolute Gasteiger partial charge is 0.0917 e. The molecule has 3 heteroatoms. The largest absolute Gasteiger partial charge is 0.265 e. The zero-order valence-electron chi connectivity index (χ0n) is 12.0. The van der Waals surface area contributed by atoms with E-state index in [1.54, 1.807) is 6.20 Å². The van der Waals surface area contributed by atoms with Gasteiger partial charge in [-0.25, -0.2) is 0 Å². The summed E-state index contributed by atoms with van der Waals surface area (Å²) in [5, 5.41) is 0.